The fourth-order valence-corrected chi connectivity index (χ4v) is 3.21. The fraction of sp³-hybridized carbons (Fsp3) is 0.778. The molecule has 2 fully saturated rings. The van der Waals surface area contributed by atoms with Crippen LogP contribution in [0.25, 0.3) is 0 Å². The molecule has 0 radical (unpaired) electrons. The average Bonchev–Trinajstić information content (AvgIpc) is 3.46. The van der Waals surface area contributed by atoms with Crippen molar-refractivity contribution in [3.63, 3.8) is 0 Å². The van der Waals surface area contributed by atoms with Gasteiger partial charge in [0.2, 0.25) is 11.8 Å². The largest absolute Gasteiger partial charge is 0.394 e. The van der Waals surface area contributed by atoms with Crippen molar-refractivity contribution in [2.75, 3.05) is 26.4 Å². The Morgan fingerprint density at radius 1 is 1.12 bits per heavy atom. The molecule has 1 saturated carbocycles. The summed E-state index contributed by atoms with van der Waals surface area (Å²) in [6, 6.07) is -0.369. The van der Waals surface area contributed by atoms with Gasteiger partial charge in [-0.05, 0) is 31.6 Å². The van der Waals surface area contributed by atoms with Crippen LogP contribution in [-0.2, 0) is 19.1 Å². The Morgan fingerprint density at radius 3 is 2.56 bits per heavy atom. The second kappa shape index (κ2) is 8.78. The van der Waals surface area contributed by atoms with E-state index < -0.39 is 6.10 Å². The summed E-state index contributed by atoms with van der Waals surface area (Å²) in [5.41, 5.74) is 0. The van der Waals surface area contributed by atoms with Gasteiger partial charge in [-0.2, -0.15) is 0 Å². The maximum absolute atomic E-state index is 12.3. The van der Waals surface area contributed by atoms with Gasteiger partial charge < -0.3 is 25.2 Å². The van der Waals surface area contributed by atoms with E-state index >= 15 is 0 Å². The number of amides is 2. The molecule has 2 heterocycles. The van der Waals surface area contributed by atoms with Gasteiger partial charge in [0.1, 0.15) is 6.10 Å². The first kappa shape index (κ1) is 18.4. The topological polar surface area (TPSA) is 96.9 Å². The number of aliphatic hydroxyl groups is 1. The molecular weight excluding hydrogens is 324 g/mol. The normalized spacial score (nSPS) is 30.0. The summed E-state index contributed by atoms with van der Waals surface area (Å²) >= 11 is 0. The Labute approximate surface area is 148 Å². The van der Waals surface area contributed by atoms with E-state index in [2.05, 4.69) is 10.6 Å². The van der Waals surface area contributed by atoms with Crippen molar-refractivity contribution in [3.05, 3.63) is 12.2 Å². The molecule has 1 aliphatic carbocycles. The Bertz CT molecular complexity index is 500. The molecule has 3 atom stereocenters. The molecule has 2 aliphatic heterocycles. The highest BCUT2D eigenvalue weighted by Gasteiger charge is 2.31. The minimum absolute atomic E-state index is 0.0272. The van der Waals surface area contributed by atoms with Gasteiger partial charge in [-0.15, -0.1) is 0 Å². The number of rotatable bonds is 7. The van der Waals surface area contributed by atoms with E-state index in [9.17, 15) is 14.7 Å². The predicted molar refractivity (Wildman–Crippen MR) is 90.7 cm³/mol. The van der Waals surface area contributed by atoms with Crippen LogP contribution in [0.1, 0.15) is 32.1 Å². The molecule has 0 spiro atoms. The highest BCUT2D eigenvalue weighted by Crippen LogP contribution is 2.27. The van der Waals surface area contributed by atoms with Crippen LogP contribution in [0.5, 0.6) is 0 Å². The number of carbonyl (C=O) groups excluding carboxylic acids is 2. The first-order valence-corrected chi connectivity index (χ1v) is 9.25. The maximum Gasteiger partial charge on any atom is 0.223 e. The van der Waals surface area contributed by atoms with Crippen LogP contribution in [0, 0.1) is 11.8 Å². The molecule has 25 heavy (non-hydrogen) atoms. The van der Waals surface area contributed by atoms with Gasteiger partial charge in [-0.25, -0.2) is 0 Å². The number of nitrogens with one attached hydrogen (secondary N) is 2. The van der Waals surface area contributed by atoms with Crippen LogP contribution in [0.15, 0.2) is 12.2 Å². The van der Waals surface area contributed by atoms with Crippen molar-refractivity contribution >= 4 is 11.8 Å². The molecule has 2 amide bonds. The summed E-state index contributed by atoms with van der Waals surface area (Å²) in [4.78, 5) is 24.3. The molecule has 7 nitrogen and oxygen atoms in total. The first-order chi connectivity index (χ1) is 12.2. The number of hydrogen-bond donors (Lipinski definition) is 3. The van der Waals surface area contributed by atoms with E-state index in [0.29, 0.717) is 19.1 Å². The molecule has 7 heteroatoms. The van der Waals surface area contributed by atoms with Gasteiger partial charge >= 0.3 is 0 Å². The Balaban J connectivity index is 1.47. The number of aliphatic hydroxyl groups excluding tert-OH is 1. The van der Waals surface area contributed by atoms with E-state index in [-0.39, 0.29) is 42.9 Å². The van der Waals surface area contributed by atoms with Gasteiger partial charge in [-0.1, -0.05) is 12.2 Å². The molecule has 140 valence electrons. The summed E-state index contributed by atoms with van der Waals surface area (Å²) in [6.07, 6.45) is 6.80. The lowest BCUT2D eigenvalue weighted by molar-refractivity contribution is -0.132. The zero-order valence-corrected chi connectivity index (χ0v) is 14.5. The number of carbonyl (C=O) groups is 2. The van der Waals surface area contributed by atoms with E-state index in [1.54, 1.807) is 6.08 Å². The van der Waals surface area contributed by atoms with Crippen molar-refractivity contribution in [2.24, 2.45) is 11.8 Å². The standard InChI is InChI=1S/C18H28N2O5/c21-11-16-15(20-18(23)13-5-7-24-8-6-13)4-3-14(25-16)9-17(22)19-10-12-1-2-12/h3-4,12-16,21H,1-2,5-11H2,(H,19,22)(H,20,23)/t14-,15+,16-/m0/s1. The van der Waals surface area contributed by atoms with E-state index in [1.165, 1.54) is 12.8 Å². The zero-order valence-electron chi connectivity index (χ0n) is 14.5. The van der Waals surface area contributed by atoms with Crippen LogP contribution >= 0.6 is 0 Å². The summed E-state index contributed by atoms with van der Waals surface area (Å²) in [5.74, 6) is 0.526. The van der Waals surface area contributed by atoms with Gasteiger partial charge in [0.25, 0.3) is 0 Å². The molecular formula is C18H28N2O5. The van der Waals surface area contributed by atoms with Crippen LogP contribution in [0.2, 0.25) is 0 Å². The molecule has 1 saturated heterocycles. The second-order valence-corrected chi connectivity index (χ2v) is 7.15. The van der Waals surface area contributed by atoms with Gasteiger partial charge in [0.15, 0.2) is 0 Å². The highest BCUT2D eigenvalue weighted by atomic mass is 16.5. The molecule has 0 aromatic rings. The van der Waals surface area contributed by atoms with Crippen molar-refractivity contribution in [2.45, 2.75) is 50.4 Å². The smallest absolute Gasteiger partial charge is 0.223 e. The zero-order chi connectivity index (χ0) is 17.6. The molecule has 0 aromatic heterocycles. The van der Waals surface area contributed by atoms with Gasteiger partial charge in [-0.3, -0.25) is 9.59 Å². The van der Waals surface area contributed by atoms with Crippen LogP contribution in [-0.4, -0.2) is 61.5 Å². The number of hydrogen-bond acceptors (Lipinski definition) is 5. The minimum Gasteiger partial charge on any atom is -0.394 e. The third kappa shape index (κ3) is 5.52. The molecule has 0 aromatic carbocycles. The van der Waals surface area contributed by atoms with E-state index in [0.717, 1.165) is 19.4 Å². The fourth-order valence-electron chi connectivity index (χ4n) is 3.21. The monoisotopic (exact) mass is 352 g/mol. The van der Waals surface area contributed by atoms with Gasteiger partial charge in [0.05, 0.1) is 25.2 Å². The van der Waals surface area contributed by atoms with E-state index in [4.69, 9.17) is 9.47 Å². The Kier molecular flexibility index (Phi) is 6.45. The molecule has 3 N–H and O–H groups in total. The first-order valence-electron chi connectivity index (χ1n) is 9.25. The minimum atomic E-state index is -0.532. The van der Waals surface area contributed by atoms with Crippen molar-refractivity contribution in [3.8, 4) is 0 Å². The summed E-state index contributed by atoms with van der Waals surface area (Å²) in [6.45, 7) is 1.75. The molecule has 3 aliphatic rings. The quantitative estimate of drug-likeness (QED) is 0.566. The molecule has 3 rings (SSSR count). The third-order valence-corrected chi connectivity index (χ3v) is 5.04. The van der Waals surface area contributed by atoms with Crippen molar-refractivity contribution in [1.29, 1.82) is 0 Å². The summed E-state index contributed by atoms with van der Waals surface area (Å²) in [7, 11) is 0. The summed E-state index contributed by atoms with van der Waals surface area (Å²) in [5, 5.41) is 15.4. The average molecular weight is 352 g/mol. The van der Waals surface area contributed by atoms with Crippen LogP contribution in [0.3, 0.4) is 0 Å². The van der Waals surface area contributed by atoms with Gasteiger partial charge in [0, 0.05) is 25.7 Å². The number of ether oxygens (including phenoxy) is 2. The molecule has 0 bridgehead atoms. The Morgan fingerprint density at radius 2 is 1.88 bits per heavy atom. The van der Waals surface area contributed by atoms with Crippen LogP contribution in [0.4, 0.5) is 0 Å². The van der Waals surface area contributed by atoms with Crippen molar-refractivity contribution in [1.82, 2.24) is 10.6 Å². The lowest BCUT2D eigenvalue weighted by Gasteiger charge is -2.33. The third-order valence-electron chi connectivity index (χ3n) is 5.04. The Hall–Kier alpha value is -1.44. The second-order valence-electron chi connectivity index (χ2n) is 7.15. The lowest BCUT2D eigenvalue weighted by Crippen LogP contribution is -2.50. The SMILES string of the molecule is O=C(C[C@@H]1C=C[C@@H](NC(=O)C2CCOCC2)[C@H](CO)O1)NCC1CC1. The van der Waals surface area contributed by atoms with Crippen molar-refractivity contribution < 1.29 is 24.2 Å². The molecule has 0 unspecified atom stereocenters. The lowest BCUT2D eigenvalue weighted by atomic mass is 9.97. The maximum atomic E-state index is 12.3. The van der Waals surface area contributed by atoms with Crippen LogP contribution < -0.4 is 10.6 Å². The highest BCUT2D eigenvalue weighted by molar-refractivity contribution is 5.79. The van der Waals surface area contributed by atoms with E-state index in [1.807, 2.05) is 6.08 Å². The summed E-state index contributed by atoms with van der Waals surface area (Å²) < 4.78 is 11.1. The predicted octanol–water partition coefficient (Wildman–Crippen LogP) is 0.130.